The molecule has 234 valence electrons. The van der Waals surface area contributed by atoms with Gasteiger partial charge in [0.05, 0.1) is 6.54 Å². The fourth-order valence-corrected chi connectivity index (χ4v) is 6.64. The second kappa shape index (κ2) is 14.0. The maximum Gasteiger partial charge on any atom is 0.319 e. The Bertz CT molecular complexity index is 1600. The molecule has 2 N–H and O–H groups in total. The van der Waals surface area contributed by atoms with Gasteiger partial charge in [-0.05, 0) is 71.0 Å². The Labute approximate surface area is 262 Å². The predicted octanol–water partition coefficient (Wildman–Crippen LogP) is 4.65. The standard InChI is InChI=1S/C34H39FN8O2/c1-41-33(38-39-40-41)26-11-7-12-29(19-26)36-34(45)37-31-13-6-5-10-27(31)21-42-22-30(18-24-14-16-28(35)17-15-24)43(32(44)23-42)20-25-8-3-2-4-9-25/h2-4,7-9,11-12,14-17,19,27,30-31H,5-6,10,13,18,20-23H2,1H3,(H2,36,37,45)/t27-,30-,31+/m0/s1. The van der Waals surface area contributed by atoms with Crippen molar-refractivity contribution in [2.45, 2.75) is 50.7 Å². The summed E-state index contributed by atoms with van der Waals surface area (Å²) in [6.45, 7) is 2.33. The monoisotopic (exact) mass is 610 g/mol. The molecule has 1 saturated heterocycles. The van der Waals surface area contributed by atoms with E-state index in [1.807, 2.05) is 59.5 Å². The third-order valence-electron chi connectivity index (χ3n) is 8.89. The van der Waals surface area contributed by atoms with Gasteiger partial charge in [0, 0.05) is 50.0 Å². The second-order valence-corrected chi connectivity index (χ2v) is 12.1. The lowest BCUT2D eigenvalue weighted by atomic mass is 9.83. The fourth-order valence-electron chi connectivity index (χ4n) is 6.64. The number of anilines is 1. The van der Waals surface area contributed by atoms with E-state index in [0.717, 1.165) is 55.5 Å². The Hall–Kier alpha value is -4.64. The fraction of sp³-hybridized carbons (Fsp3) is 0.382. The number of carbonyl (C=O) groups excluding carboxylic acids is 2. The first-order chi connectivity index (χ1) is 21.9. The highest BCUT2D eigenvalue weighted by molar-refractivity contribution is 5.90. The molecule has 1 aliphatic carbocycles. The van der Waals surface area contributed by atoms with E-state index < -0.39 is 0 Å². The topological polar surface area (TPSA) is 108 Å². The first-order valence-electron chi connectivity index (χ1n) is 15.6. The number of tetrazole rings is 1. The number of rotatable bonds is 9. The Morgan fingerprint density at radius 1 is 0.978 bits per heavy atom. The van der Waals surface area contributed by atoms with Crippen molar-refractivity contribution in [2.24, 2.45) is 13.0 Å². The summed E-state index contributed by atoms with van der Waals surface area (Å²) in [6.07, 6.45) is 4.67. The molecule has 0 bridgehead atoms. The lowest BCUT2D eigenvalue weighted by Crippen LogP contribution is -2.58. The Morgan fingerprint density at radius 2 is 1.78 bits per heavy atom. The predicted molar refractivity (Wildman–Crippen MR) is 169 cm³/mol. The molecule has 11 heteroatoms. The van der Waals surface area contributed by atoms with Crippen LogP contribution in [-0.4, -0.2) is 73.7 Å². The summed E-state index contributed by atoms with van der Waals surface area (Å²) in [5.41, 5.74) is 3.55. The van der Waals surface area contributed by atoms with Crippen LogP contribution in [0.1, 0.15) is 36.8 Å². The zero-order valence-corrected chi connectivity index (χ0v) is 25.5. The summed E-state index contributed by atoms with van der Waals surface area (Å²) in [5.74, 6) is 0.660. The van der Waals surface area contributed by atoms with E-state index in [2.05, 4.69) is 31.1 Å². The number of aryl methyl sites for hydroxylation is 1. The molecule has 2 heterocycles. The number of nitrogens with one attached hydrogen (secondary N) is 2. The highest BCUT2D eigenvalue weighted by atomic mass is 19.1. The molecular weight excluding hydrogens is 571 g/mol. The maximum absolute atomic E-state index is 13.6. The molecule has 1 aliphatic heterocycles. The second-order valence-electron chi connectivity index (χ2n) is 12.1. The number of hydrogen-bond acceptors (Lipinski definition) is 6. The average Bonchev–Trinajstić information content (AvgIpc) is 3.47. The van der Waals surface area contributed by atoms with E-state index in [1.165, 1.54) is 12.1 Å². The maximum atomic E-state index is 13.6. The lowest BCUT2D eigenvalue weighted by Gasteiger charge is -2.44. The van der Waals surface area contributed by atoms with Crippen molar-refractivity contribution in [3.8, 4) is 11.4 Å². The molecule has 0 unspecified atom stereocenters. The van der Waals surface area contributed by atoms with Crippen LogP contribution in [0.2, 0.25) is 0 Å². The number of amides is 3. The van der Waals surface area contributed by atoms with Gasteiger partial charge in [0.2, 0.25) is 5.91 Å². The van der Waals surface area contributed by atoms with Crippen molar-refractivity contribution in [1.29, 1.82) is 0 Å². The minimum absolute atomic E-state index is 0.00197. The van der Waals surface area contributed by atoms with Crippen molar-refractivity contribution in [3.63, 3.8) is 0 Å². The van der Waals surface area contributed by atoms with Gasteiger partial charge in [-0.25, -0.2) is 13.9 Å². The Kier molecular flexibility index (Phi) is 9.44. The number of nitrogens with zero attached hydrogens (tertiary/aromatic N) is 6. The number of hydrogen-bond donors (Lipinski definition) is 2. The summed E-state index contributed by atoms with van der Waals surface area (Å²) in [7, 11) is 1.77. The number of halogens is 1. The average molecular weight is 611 g/mol. The highest BCUT2D eigenvalue weighted by Crippen LogP contribution is 2.28. The normalized spacial score (nSPS) is 20.6. The van der Waals surface area contributed by atoms with Gasteiger partial charge < -0.3 is 15.5 Å². The first-order valence-corrected chi connectivity index (χ1v) is 15.6. The van der Waals surface area contributed by atoms with Gasteiger partial charge >= 0.3 is 6.03 Å². The third kappa shape index (κ3) is 7.72. The van der Waals surface area contributed by atoms with Crippen molar-refractivity contribution in [3.05, 3.63) is 95.8 Å². The number of carbonyl (C=O) groups is 2. The molecule has 0 radical (unpaired) electrons. The van der Waals surface area contributed by atoms with Crippen LogP contribution in [0.25, 0.3) is 11.4 Å². The zero-order valence-electron chi connectivity index (χ0n) is 25.5. The van der Waals surface area contributed by atoms with E-state index in [1.54, 1.807) is 23.9 Å². The molecule has 3 aromatic carbocycles. The molecule has 0 spiro atoms. The van der Waals surface area contributed by atoms with Crippen LogP contribution in [0.4, 0.5) is 14.9 Å². The lowest BCUT2D eigenvalue weighted by molar-refractivity contribution is -0.141. The molecule has 1 saturated carbocycles. The molecule has 2 aliphatic rings. The van der Waals surface area contributed by atoms with Crippen LogP contribution in [0, 0.1) is 11.7 Å². The zero-order chi connectivity index (χ0) is 31.2. The van der Waals surface area contributed by atoms with Crippen LogP contribution in [0.15, 0.2) is 78.9 Å². The smallest absolute Gasteiger partial charge is 0.319 e. The van der Waals surface area contributed by atoms with Gasteiger partial charge in [-0.2, -0.15) is 0 Å². The number of urea groups is 1. The molecule has 1 aromatic heterocycles. The molecule has 4 aromatic rings. The minimum atomic E-state index is -0.267. The van der Waals surface area contributed by atoms with E-state index >= 15 is 0 Å². The molecule has 10 nitrogen and oxygen atoms in total. The Balaban J connectivity index is 1.11. The number of aromatic nitrogens is 4. The number of benzene rings is 3. The van der Waals surface area contributed by atoms with Crippen LogP contribution in [0.5, 0.6) is 0 Å². The summed E-state index contributed by atoms with van der Waals surface area (Å²) in [5, 5.41) is 17.9. The van der Waals surface area contributed by atoms with Gasteiger partial charge in [0.25, 0.3) is 0 Å². The van der Waals surface area contributed by atoms with E-state index in [9.17, 15) is 14.0 Å². The van der Waals surface area contributed by atoms with E-state index in [-0.39, 0.29) is 35.8 Å². The Morgan fingerprint density at radius 3 is 2.56 bits per heavy atom. The molecule has 3 atom stereocenters. The van der Waals surface area contributed by atoms with E-state index in [0.29, 0.717) is 31.0 Å². The summed E-state index contributed by atoms with van der Waals surface area (Å²) in [6, 6.07) is 23.8. The summed E-state index contributed by atoms with van der Waals surface area (Å²) in [4.78, 5) is 31.0. The summed E-state index contributed by atoms with van der Waals surface area (Å²) >= 11 is 0. The first kappa shape index (κ1) is 30.4. The van der Waals surface area contributed by atoms with Gasteiger partial charge in [-0.1, -0.05) is 67.4 Å². The highest BCUT2D eigenvalue weighted by Gasteiger charge is 2.36. The minimum Gasteiger partial charge on any atom is -0.335 e. The SMILES string of the molecule is Cn1nnnc1-c1cccc(NC(=O)N[C@@H]2CCCC[C@H]2CN2CC(=O)N(Cc3ccccc3)[C@@H](Cc3ccc(F)cc3)C2)c1. The van der Waals surface area contributed by atoms with Gasteiger partial charge in [-0.3, -0.25) is 9.69 Å². The van der Waals surface area contributed by atoms with Gasteiger partial charge in [0.15, 0.2) is 5.82 Å². The van der Waals surface area contributed by atoms with Crippen LogP contribution < -0.4 is 10.6 Å². The van der Waals surface area contributed by atoms with E-state index in [4.69, 9.17) is 0 Å². The van der Waals surface area contributed by atoms with Crippen molar-refractivity contribution >= 4 is 17.6 Å². The van der Waals surface area contributed by atoms with Crippen molar-refractivity contribution in [1.82, 2.24) is 35.3 Å². The molecule has 2 fully saturated rings. The van der Waals surface area contributed by atoms with Gasteiger partial charge in [0.1, 0.15) is 5.82 Å². The molecular formula is C34H39FN8O2. The van der Waals surface area contributed by atoms with Crippen LogP contribution >= 0.6 is 0 Å². The number of piperazine rings is 1. The quantitative estimate of drug-likeness (QED) is 0.286. The van der Waals surface area contributed by atoms with Crippen LogP contribution in [-0.2, 0) is 24.8 Å². The molecule has 6 rings (SSSR count). The molecule has 45 heavy (non-hydrogen) atoms. The largest absolute Gasteiger partial charge is 0.335 e. The third-order valence-corrected chi connectivity index (χ3v) is 8.89. The molecule has 3 amide bonds. The van der Waals surface area contributed by atoms with Crippen molar-refractivity contribution < 1.29 is 14.0 Å². The van der Waals surface area contributed by atoms with Gasteiger partial charge in [-0.15, -0.1) is 5.10 Å². The summed E-state index contributed by atoms with van der Waals surface area (Å²) < 4.78 is 15.2. The van der Waals surface area contributed by atoms with Crippen LogP contribution in [0.3, 0.4) is 0 Å². The van der Waals surface area contributed by atoms with Crippen molar-refractivity contribution in [2.75, 3.05) is 25.0 Å².